The number of nitro benzene ring substituents is 1. The lowest BCUT2D eigenvalue weighted by Crippen LogP contribution is -2.45. The number of pyridine rings is 1. The number of sulfonamides is 1. The van der Waals surface area contributed by atoms with Crippen LogP contribution in [0.4, 0.5) is 29.5 Å². The number of anilines is 1. The zero-order chi connectivity index (χ0) is 39.1. The second-order valence-electron chi connectivity index (χ2n) is 13.8. The van der Waals surface area contributed by atoms with Crippen molar-refractivity contribution < 1.29 is 50.3 Å². The monoisotopic (exact) mass is 752 g/mol. The molecule has 2 aromatic carbocycles. The number of aromatic nitrogens is 1. The van der Waals surface area contributed by atoms with Crippen LogP contribution in [-0.2, 0) is 36.9 Å². The van der Waals surface area contributed by atoms with Gasteiger partial charge in [0.15, 0.2) is 5.75 Å². The number of ether oxygens (including phenoxy) is 3. The number of carbonyl (C=O) groups is 2. The van der Waals surface area contributed by atoms with Crippen molar-refractivity contribution in [2.45, 2.75) is 96.0 Å². The minimum absolute atomic E-state index is 0.0287. The van der Waals surface area contributed by atoms with E-state index >= 15 is 0 Å². The molecule has 1 aromatic heterocycles. The van der Waals surface area contributed by atoms with Gasteiger partial charge in [-0.25, -0.2) is 18.2 Å². The molecular formula is C35H43F3N4O9S. The van der Waals surface area contributed by atoms with Gasteiger partial charge in [0.25, 0.3) is 0 Å². The van der Waals surface area contributed by atoms with Gasteiger partial charge >= 0.3 is 23.9 Å². The van der Waals surface area contributed by atoms with E-state index in [4.69, 9.17) is 14.2 Å². The van der Waals surface area contributed by atoms with Crippen LogP contribution in [0, 0.1) is 17.0 Å². The van der Waals surface area contributed by atoms with E-state index in [1.54, 1.807) is 45.9 Å². The van der Waals surface area contributed by atoms with E-state index in [1.807, 2.05) is 0 Å². The average Bonchev–Trinajstić information content (AvgIpc) is 3.00. The fraction of sp³-hybridized carbons (Fsp3) is 0.457. The van der Waals surface area contributed by atoms with Crippen LogP contribution in [-0.4, -0.2) is 60.8 Å². The molecule has 284 valence electrons. The number of aryl methyl sites for hydroxylation is 1. The number of unbranched alkanes of at least 4 members (excludes halogenated alkanes) is 1. The van der Waals surface area contributed by atoms with Gasteiger partial charge in [-0.2, -0.15) is 17.9 Å². The Bertz CT molecular complexity index is 1860. The van der Waals surface area contributed by atoms with Crippen molar-refractivity contribution in [1.82, 2.24) is 9.71 Å². The third-order valence-electron chi connectivity index (χ3n) is 6.92. The Labute approximate surface area is 300 Å². The number of carbonyl (C=O) groups excluding carboxylic acids is 2. The van der Waals surface area contributed by atoms with Gasteiger partial charge < -0.3 is 14.2 Å². The Morgan fingerprint density at radius 2 is 1.60 bits per heavy atom. The Kier molecular flexibility index (Phi) is 13.4. The number of nitro groups is 1. The van der Waals surface area contributed by atoms with Gasteiger partial charge in [-0.15, -0.1) is 0 Å². The average molecular weight is 753 g/mol. The van der Waals surface area contributed by atoms with Gasteiger partial charge in [0.2, 0.25) is 10.0 Å². The predicted molar refractivity (Wildman–Crippen MR) is 185 cm³/mol. The second-order valence-corrected chi connectivity index (χ2v) is 15.5. The van der Waals surface area contributed by atoms with Crippen molar-refractivity contribution in [3.63, 3.8) is 0 Å². The number of alkyl halides is 3. The van der Waals surface area contributed by atoms with E-state index in [9.17, 15) is 41.3 Å². The molecule has 0 saturated carbocycles. The molecule has 3 rings (SSSR count). The van der Waals surface area contributed by atoms with Crippen molar-refractivity contribution in [3.05, 3.63) is 87.6 Å². The Morgan fingerprint density at radius 1 is 0.942 bits per heavy atom. The number of esters is 1. The highest BCUT2D eigenvalue weighted by atomic mass is 32.2. The summed E-state index contributed by atoms with van der Waals surface area (Å²) in [6.07, 6.45) is -5.05. The molecule has 1 atom stereocenters. The van der Waals surface area contributed by atoms with Crippen LogP contribution in [0.15, 0.2) is 65.6 Å². The van der Waals surface area contributed by atoms with Gasteiger partial charge in [-0.3, -0.25) is 19.8 Å². The summed E-state index contributed by atoms with van der Waals surface area (Å²) in [5.41, 5.74) is -2.65. The molecule has 1 heterocycles. The van der Waals surface area contributed by atoms with Gasteiger partial charge in [-0.05, 0) is 110 Å². The first-order valence-electron chi connectivity index (χ1n) is 16.2. The minimum atomic E-state index is -4.82. The molecule has 0 unspecified atom stereocenters. The first-order chi connectivity index (χ1) is 23.9. The number of amides is 1. The molecule has 3 aromatic rings. The fourth-order valence-corrected chi connectivity index (χ4v) is 5.91. The highest BCUT2D eigenvalue weighted by molar-refractivity contribution is 7.89. The normalized spacial score (nSPS) is 12.9. The number of halogens is 3. The lowest BCUT2D eigenvalue weighted by molar-refractivity contribution is -0.385. The summed E-state index contributed by atoms with van der Waals surface area (Å²) in [6.45, 7) is 11.9. The molecule has 0 aliphatic carbocycles. The third kappa shape index (κ3) is 12.8. The van der Waals surface area contributed by atoms with E-state index in [0.717, 1.165) is 18.2 Å². The Hall–Kier alpha value is -4.77. The zero-order valence-electron chi connectivity index (χ0n) is 29.9. The van der Waals surface area contributed by atoms with Crippen LogP contribution < -0.4 is 14.4 Å². The van der Waals surface area contributed by atoms with E-state index in [1.165, 1.54) is 37.8 Å². The minimum Gasteiger partial charge on any atom is -0.487 e. The molecule has 0 fully saturated rings. The topological polar surface area (TPSA) is 167 Å². The number of hydrogen-bond acceptors (Lipinski definition) is 10. The first-order valence-corrected chi connectivity index (χ1v) is 17.7. The van der Waals surface area contributed by atoms with Gasteiger partial charge in [-0.1, -0.05) is 18.2 Å². The third-order valence-corrected chi connectivity index (χ3v) is 8.39. The summed E-state index contributed by atoms with van der Waals surface area (Å²) >= 11 is 0. The van der Waals surface area contributed by atoms with E-state index in [2.05, 4.69) is 9.71 Å². The smallest absolute Gasteiger partial charge is 0.416 e. The lowest BCUT2D eigenvalue weighted by atomic mass is 10.0. The highest BCUT2D eigenvalue weighted by Crippen LogP contribution is 2.32. The van der Waals surface area contributed by atoms with Crippen molar-refractivity contribution in [1.29, 1.82) is 0 Å². The highest BCUT2D eigenvalue weighted by Gasteiger charge is 2.34. The first kappa shape index (κ1) is 41.6. The Balaban J connectivity index is 1.76. The second kappa shape index (κ2) is 16.7. The van der Waals surface area contributed by atoms with Gasteiger partial charge in [0, 0.05) is 18.3 Å². The molecule has 0 aliphatic heterocycles. The van der Waals surface area contributed by atoms with Crippen molar-refractivity contribution >= 4 is 33.6 Å². The molecular weight excluding hydrogens is 709 g/mol. The van der Waals surface area contributed by atoms with E-state index in [0.29, 0.717) is 36.5 Å². The zero-order valence-corrected chi connectivity index (χ0v) is 30.8. The van der Waals surface area contributed by atoms with Gasteiger partial charge in [0.1, 0.15) is 23.1 Å². The number of hydrogen-bond donors (Lipinski definition) is 1. The quantitative estimate of drug-likeness (QED) is 0.0773. The summed E-state index contributed by atoms with van der Waals surface area (Å²) < 4.78 is 84.9. The lowest BCUT2D eigenvalue weighted by Gasteiger charge is -2.27. The maximum absolute atomic E-state index is 13.3. The fourth-order valence-electron chi connectivity index (χ4n) is 4.68. The number of rotatable bonds is 14. The van der Waals surface area contributed by atoms with Crippen LogP contribution in [0.2, 0.25) is 0 Å². The number of benzene rings is 2. The predicted octanol–water partition coefficient (Wildman–Crippen LogP) is 7.15. The van der Waals surface area contributed by atoms with Crippen molar-refractivity contribution in [2.24, 2.45) is 0 Å². The molecule has 1 amide bonds. The van der Waals surface area contributed by atoms with Crippen LogP contribution >= 0.6 is 0 Å². The summed E-state index contributed by atoms with van der Waals surface area (Å²) in [6, 6.07) is 10.4. The molecule has 0 bridgehead atoms. The molecule has 0 spiro atoms. The molecule has 13 nitrogen and oxygen atoms in total. The molecule has 0 aliphatic rings. The van der Waals surface area contributed by atoms with Crippen LogP contribution in [0.3, 0.4) is 0 Å². The SMILES string of the molecule is Cc1cccc(N(CCCCOc2ccc(C[C@H](NS(=O)(=O)c3cccc(C(F)(F)F)c3)C(=O)OC(C)(C)C)cc2[N+](=O)[O-])C(=O)OC(C)(C)C)n1. The molecule has 0 radical (unpaired) electrons. The largest absolute Gasteiger partial charge is 0.487 e. The molecule has 1 N–H and O–H groups in total. The molecule has 17 heteroatoms. The van der Waals surface area contributed by atoms with Crippen LogP contribution in [0.5, 0.6) is 5.75 Å². The van der Waals surface area contributed by atoms with E-state index < -0.39 is 73.0 Å². The number of nitrogens with one attached hydrogen (secondary N) is 1. The maximum atomic E-state index is 13.3. The number of nitrogens with zero attached hydrogens (tertiary/aromatic N) is 3. The van der Waals surface area contributed by atoms with Crippen molar-refractivity contribution in [3.8, 4) is 5.75 Å². The van der Waals surface area contributed by atoms with Crippen LogP contribution in [0.25, 0.3) is 0 Å². The van der Waals surface area contributed by atoms with E-state index in [-0.39, 0.29) is 24.5 Å². The molecule has 52 heavy (non-hydrogen) atoms. The van der Waals surface area contributed by atoms with Gasteiger partial charge in [0.05, 0.1) is 22.0 Å². The summed E-state index contributed by atoms with van der Waals surface area (Å²) in [7, 11) is -4.70. The molecule has 0 saturated heterocycles. The summed E-state index contributed by atoms with van der Waals surface area (Å²) in [5.74, 6) is -0.744. The Morgan fingerprint density at radius 3 is 2.19 bits per heavy atom. The standard InChI is InChI=1S/C35H43F3N4O9S/c1-23-12-10-15-30(39-23)41(32(44)51-34(5,6)7)18-8-9-19-49-29-17-16-24(21-28(29)42(45)46)20-27(31(43)50-33(2,3)4)40-52(47,48)26-14-11-13-25(22-26)35(36,37)38/h10-17,21-22,27,40H,8-9,18-20H2,1-7H3/t27-/m0/s1. The van der Waals surface area contributed by atoms with Crippen LogP contribution in [0.1, 0.15) is 71.2 Å². The maximum Gasteiger partial charge on any atom is 0.416 e. The van der Waals surface area contributed by atoms with Crippen molar-refractivity contribution in [2.75, 3.05) is 18.1 Å². The summed E-state index contributed by atoms with van der Waals surface area (Å²) in [5, 5.41) is 12.0. The summed E-state index contributed by atoms with van der Waals surface area (Å²) in [4.78, 5) is 42.5.